The van der Waals surface area contributed by atoms with Gasteiger partial charge in [0.1, 0.15) is 5.82 Å². The third-order valence-electron chi connectivity index (χ3n) is 5.80. The van der Waals surface area contributed by atoms with Gasteiger partial charge in [0.05, 0.1) is 23.3 Å². The summed E-state index contributed by atoms with van der Waals surface area (Å²) in [4.78, 5) is 28.4. The van der Waals surface area contributed by atoms with Gasteiger partial charge >= 0.3 is 0 Å². The summed E-state index contributed by atoms with van der Waals surface area (Å²) < 4.78 is 13.7. The molecular formula is C22H24FN3O3. The van der Waals surface area contributed by atoms with E-state index in [4.69, 9.17) is 0 Å². The van der Waals surface area contributed by atoms with Gasteiger partial charge in [-0.3, -0.25) is 9.59 Å². The number of aromatic amines is 1. The minimum absolute atomic E-state index is 0.242. The summed E-state index contributed by atoms with van der Waals surface area (Å²) in [5.41, 5.74) is 3.92. The Bertz CT molecular complexity index is 1020. The molecule has 1 aliphatic heterocycles. The van der Waals surface area contributed by atoms with Gasteiger partial charge in [0.2, 0.25) is 0 Å². The molecule has 7 heteroatoms. The molecule has 1 saturated carbocycles. The van der Waals surface area contributed by atoms with Crippen molar-refractivity contribution in [2.75, 3.05) is 5.32 Å². The normalized spacial score (nSPS) is 22.5. The molecule has 6 nitrogen and oxygen atoms in total. The van der Waals surface area contributed by atoms with Crippen molar-refractivity contribution in [1.29, 1.82) is 0 Å². The molecule has 2 atom stereocenters. The lowest BCUT2D eigenvalue weighted by molar-refractivity contribution is -0.110. The Kier molecular flexibility index (Phi) is 5.00. The minimum Gasteiger partial charge on any atom is -0.391 e. The van der Waals surface area contributed by atoms with Crippen molar-refractivity contribution in [2.45, 2.75) is 51.7 Å². The van der Waals surface area contributed by atoms with E-state index < -0.39 is 11.9 Å². The third kappa shape index (κ3) is 3.58. The van der Waals surface area contributed by atoms with Crippen molar-refractivity contribution in [2.24, 2.45) is 0 Å². The summed E-state index contributed by atoms with van der Waals surface area (Å²) >= 11 is 0. The fraction of sp³-hybridized carbons (Fsp3) is 0.364. The Morgan fingerprint density at radius 2 is 2.03 bits per heavy atom. The van der Waals surface area contributed by atoms with E-state index in [0.717, 1.165) is 19.3 Å². The van der Waals surface area contributed by atoms with Crippen molar-refractivity contribution < 1.29 is 19.1 Å². The molecule has 2 amide bonds. The van der Waals surface area contributed by atoms with Gasteiger partial charge in [-0.15, -0.1) is 0 Å². The van der Waals surface area contributed by atoms with Crippen LogP contribution in [0.15, 0.2) is 18.2 Å². The molecule has 1 aromatic carbocycles. The second-order valence-electron chi connectivity index (χ2n) is 7.80. The Morgan fingerprint density at radius 1 is 1.28 bits per heavy atom. The fourth-order valence-corrected chi connectivity index (χ4v) is 4.23. The van der Waals surface area contributed by atoms with E-state index in [0.29, 0.717) is 45.8 Å². The Balaban J connectivity index is 1.64. The van der Waals surface area contributed by atoms with E-state index in [9.17, 15) is 19.1 Å². The van der Waals surface area contributed by atoms with Gasteiger partial charge in [0, 0.05) is 22.6 Å². The molecule has 0 spiro atoms. The van der Waals surface area contributed by atoms with Crippen molar-refractivity contribution in [1.82, 2.24) is 10.3 Å². The molecule has 0 saturated heterocycles. The molecule has 4 rings (SSSR count). The summed E-state index contributed by atoms with van der Waals surface area (Å²) in [6.45, 7) is 3.60. The lowest BCUT2D eigenvalue weighted by atomic mass is 9.92. The van der Waals surface area contributed by atoms with Crippen molar-refractivity contribution in [3.8, 4) is 0 Å². The van der Waals surface area contributed by atoms with Gasteiger partial charge < -0.3 is 20.7 Å². The molecule has 2 heterocycles. The quantitative estimate of drug-likeness (QED) is 0.599. The molecule has 2 aliphatic rings. The lowest BCUT2D eigenvalue weighted by Crippen LogP contribution is -2.45. The number of carbonyl (C=O) groups excluding carboxylic acids is 2. The highest BCUT2D eigenvalue weighted by atomic mass is 19.1. The highest BCUT2D eigenvalue weighted by molar-refractivity contribution is 6.34. The van der Waals surface area contributed by atoms with E-state index in [1.807, 2.05) is 0 Å². The van der Waals surface area contributed by atoms with E-state index in [1.54, 1.807) is 19.9 Å². The molecule has 0 unspecified atom stereocenters. The topological polar surface area (TPSA) is 94.2 Å². The molecule has 2 aromatic rings. The zero-order valence-electron chi connectivity index (χ0n) is 16.4. The van der Waals surface area contributed by atoms with Crippen LogP contribution in [0.4, 0.5) is 10.1 Å². The van der Waals surface area contributed by atoms with Crippen LogP contribution in [0.3, 0.4) is 0 Å². The average Bonchev–Trinajstić information content (AvgIpc) is 3.13. The zero-order chi connectivity index (χ0) is 20.7. The number of carbonyl (C=O) groups is 2. The summed E-state index contributed by atoms with van der Waals surface area (Å²) in [5.74, 6) is -0.973. The van der Waals surface area contributed by atoms with Crippen molar-refractivity contribution >= 4 is 29.2 Å². The number of hydrogen-bond acceptors (Lipinski definition) is 3. The molecule has 0 bridgehead atoms. The molecule has 29 heavy (non-hydrogen) atoms. The van der Waals surface area contributed by atoms with Crippen LogP contribution in [0, 0.1) is 19.7 Å². The predicted octanol–water partition coefficient (Wildman–Crippen LogP) is 3.30. The molecule has 1 aliphatic carbocycles. The van der Waals surface area contributed by atoms with E-state index in [1.165, 1.54) is 18.2 Å². The maximum Gasteiger partial charge on any atom is 0.256 e. The van der Waals surface area contributed by atoms with Crippen LogP contribution in [-0.4, -0.2) is 34.1 Å². The van der Waals surface area contributed by atoms with Crippen LogP contribution in [0.5, 0.6) is 0 Å². The Hall–Kier alpha value is -2.93. The molecule has 1 fully saturated rings. The molecule has 1 aromatic heterocycles. The van der Waals surface area contributed by atoms with Crippen LogP contribution in [-0.2, 0) is 4.79 Å². The number of amides is 2. The number of hydrogen-bond donors (Lipinski definition) is 4. The van der Waals surface area contributed by atoms with E-state index in [2.05, 4.69) is 15.6 Å². The number of aliphatic hydroxyl groups is 1. The first-order valence-electron chi connectivity index (χ1n) is 9.86. The van der Waals surface area contributed by atoms with Gasteiger partial charge in [-0.2, -0.15) is 0 Å². The fourth-order valence-electron chi connectivity index (χ4n) is 4.23. The molecule has 0 radical (unpaired) electrons. The first-order chi connectivity index (χ1) is 13.8. The predicted molar refractivity (Wildman–Crippen MR) is 109 cm³/mol. The van der Waals surface area contributed by atoms with Gasteiger partial charge in [-0.1, -0.05) is 12.8 Å². The van der Waals surface area contributed by atoms with Crippen LogP contribution >= 0.6 is 0 Å². The standard InChI is InChI=1S/C22H24FN3O3/c1-11-18(10-15-14-9-13(23)7-8-16(14)25-21(15)28)24-12(2)20(11)22(29)26-17-5-3-4-6-19(17)27/h7-10,17,19,24,27H,3-6H2,1-2H3,(H,25,28)(H,26,29)/b15-10-/t17-,19-/m0/s1. The van der Waals surface area contributed by atoms with Gasteiger partial charge in [-0.05, 0) is 56.5 Å². The molecular weight excluding hydrogens is 373 g/mol. The van der Waals surface area contributed by atoms with Crippen LogP contribution in [0.2, 0.25) is 0 Å². The summed E-state index contributed by atoms with van der Waals surface area (Å²) in [5, 5.41) is 15.8. The number of halogens is 1. The number of rotatable bonds is 3. The number of aliphatic hydroxyl groups excluding tert-OH is 1. The third-order valence-corrected chi connectivity index (χ3v) is 5.80. The number of H-pyrrole nitrogens is 1. The maximum atomic E-state index is 13.7. The van der Waals surface area contributed by atoms with E-state index in [-0.39, 0.29) is 17.9 Å². The second-order valence-corrected chi connectivity index (χ2v) is 7.80. The maximum absolute atomic E-state index is 13.7. The number of nitrogens with one attached hydrogen (secondary N) is 3. The lowest BCUT2D eigenvalue weighted by Gasteiger charge is -2.28. The van der Waals surface area contributed by atoms with Gasteiger partial charge in [0.25, 0.3) is 11.8 Å². The van der Waals surface area contributed by atoms with Crippen LogP contribution < -0.4 is 10.6 Å². The largest absolute Gasteiger partial charge is 0.391 e. The van der Waals surface area contributed by atoms with E-state index >= 15 is 0 Å². The number of aromatic nitrogens is 1. The second kappa shape index (κ2) is 7.48. The number of anilines is 1. The SMILES string of the molecule is Cc1[nH]c(/C=C2\C(=O)Nc3ccc(F)cc32)c(C)c1C(=O)N[C@H]1CCCC[C@@H]1O. The smallest absolute Gasteiger partial charge is 0.256 e. The summed E-state index contributed by atoms with van der Waals surface area (Å²) in [6, 6.07) is 3.91. The van der Waals surface area contributed by atoms with Gasteiger partial charge in [0.15, 0.2) is 0 Å². The monoisotopic (exact) mass is 397 g/mol. The Labute approximate surface area is 168 Å². The number of benzene rings is 1. The first-order valence-corrected chi connectivity index (χ1v) is 9.86. The average molecular weight is 397 g/mol. The van der Waals surface area contributed by atoms with Crippen molar-refractivity contribution in [3.05, 3.63) is 52.1 Å². The molecule has 4 N–H and O–H groups in total. The number of aryl methyl sites for hydroxylation is 1. The van der Waals surface area contributed by atoms with Gasteiger partial charge in [-0.25, -0.2) is 4.39 Å². The van der Waals surface area contributed by atoms with Crippen LogP contribution in [0.1, 0.15) is 58.6 Å². The first kappa shape index (κ1) is 19.4. The minimum atomic E-state index is -0.526. The van der Waals surface area contributed by atoms with Crippen LogP contribution in [0.25, 0.3) is 11.6 Å². The number of fused-ring (bicyclic) bond motifs is 1. The Morgan fingerprint density at radius 3 is 2.79 bits per heavy atom. The molecule has 152 valence electrons. The summed E-state index contributed by atoms with van der Waals surface area (Å²) in [7, 11) is 0. The van der Waals surface area contributed by atoms with Crippen molar-refractivity contribution in [3.63, 3.8) is 0 Å². The highest BCUT2D eigenvalue weighted by Crippen LogP contribution is 2.34. The zero-order valence-corrected chi connectivity index (χ0v) is 16.4. The highest BCUT2D eigenvalue weighted by Gasteiger charge is 2.28. The summed E-state index contributed by atoms with van der Waals surface area (Å²) in [6.07, 6.45) is 4.53.